The maximum absolute atomic E-state index is 10.8. The molecule has 20 heavy (non-hydrogen) atoms. The lowest BCUT2D eigenvalue weighted by Crippen LogP contribution is -2.32. The largest absolute Gasteiger partial charge is 0.464 e. The van der Waals surface area contributed by atoms with Crippen LogP contribution in [0.4, 0.5) is 5.69 Å². The Morgan fingerprint density at radius 1 is 1.00 bits per heavy atom. The third-order valence-corrected chi connectivity index (χ3v) is 2.79. The zero-order valence-electron chi connectivity index (χ0n) is 12.2. The standard InChI is InChI=1S/C15H21NO4/c1-12-6-4-5-7-15(12)16(8-10-19-13(2)17)9-11-20-14(3)18/h4-7H,8-11H2,1-3H3. The summed E-state index contributed by atoms with van der Waals surface area (Å²) < 4.78 is 9.95. The van der Waals surface area contributed by atoms with Crippen molar-refractivity contribution < 1.29 is 19.1 Å². The van der Waals surface area contributed by atoms with Gasteiger partial charge in [-0.25, -0.2) is 0 Å². The summed E-state index contributed by atoms with van der Waals surface area (Å²) in [4.78, 5) is 23.7. The second kappa shape index (κ2) is 8.19. The van der Waals surface area contributed by atoms with Crippen LogP contribution in [0.2, 0.25) is 0 Å². The molecule has 0 heterocycles. The van der Waals surface area contributed by atoms with Crippen molar-refractivity contribution in [3.05, 3.63) is 29.8 Å². The van der Waals surface area contributed by atoms with Crippen molar-refractivity contribution in [3.63, 3.8) is 0 Å². The SMILES string of the molecule is CC(=O)OCCN(CCOC(C)=O)c1ccccc1C. The third kappa shape index (κ3) is 5.73. The fourth-order valence-electron chi connectivity index (χ4n) is 1.87. The van der Waals surface area contributed by atoms with Crippen LogP contribution < -0.4 is 4.90 Å². The average molecular weight is 279 g/mol. The Morgan fingerprint density at radius 2 is 1.50 bits per heavy atom. The predicted octanol–water partition coefficient (Wildman–Crippen LogP) is 1.93. The number of benzene rings is 1. The second-order valence-corrected chi connectivity index (χ2v) is 4.45. The molecule has 0 saturated carbocycles. The molecule has 0 aliphatic rings. The predicted molar refractivity (Wildman–Crippen MR) is 76.7 cm³/mol. The Balaban J connectivity index is 2.65. The van der Waals surface area contributed by atoms with Gasteiger partial charge in [-0.15, -0.1) is 0 Å². The molecule has 1 rings (SSSR count). The van der Waals surface area contributed by atoms with Crippen molar-refractivity contribution in [1.82, 2.24) is 0 Å². The summed E-state index contributed by atoms with van der Waals surface area (Å²) >= 11 is 0. The van der Waals surface area contributed by atoms with Gasteiger partial charge in [0.1, 0.15) is 13.2 Å². The third-order valence-electron chi connectivity index (χ3n) is 2.79. The molecule has 1 aromatic rings. The van der Waals surface area contributed by atoms with Gasteiger partial charge in [-0.1, -0.05) is 18.2 Å². The first-order valence-electron chi connectivity index (χ1n) is 6.58. The summed E-state index contributed by atoms with van der Waals surface area (Å²) in [5.74, 6) is -0.593. The molecule has 0 N–H and O–H groups in total. The lowest BCUT2D eigenvalue weighted by molar-refractivity contribution is -0.141. The van der Waals surface area contributed by atoms with E-state index in [1.54, 1.807) is 0 Å². The molecule has 1 aromatic carbocycles. The molecule has 0 bridgehead atoms. The molecule has 5 heteroatoms. The average Bonchev–Trinajstić information content (AvgIpc) is 2.37. The highest BCUT2D eigenvalue weighted by Gasteiger charge is 2.10. The van der Waals surface area contributed by atoms with Crippen molar-refractivity contribution in [2.75, 3.05) is 31.2 Å². The maximum atomic E-state index is 10.8. The van der Waals surface area contributed by atoms with Gasteiger partial charge in [-0.05, 0) is 18.6 Å². The van der Waals surface area contributed by atoms with E-state index in [2.05, 4.69) is 0 Å². The topological polar surface area (TPSA) is 55.8 Å². The fraction of sp³-hybridized carbons (Fsp3) is 0.467. The number of ether oxygens (including phenoxy) is 2. The number of rotatable bonds is 7. The molecule has 0 radical (unpaired) electrons. The summed E-state index contributed by atoms with van der Waals surface area (Å²) in [6.45, 7) is 6.53. The summed E-state index contributed by atoms with van der Waals surface area (Å²) in [7, 11) is 0. The zero-order valence-corrected chi connectivity index (χ0v) is 12.2. The number of esters is 2. The Bertz CT molecular complexity index is 439. The monoisotopic (exact) mass is 279 g/mol. The normalized spacial score (nSPS) is 9.95. The van der Waals surface area contributed by atoms with Gasteiger partial charge in [0.15, 0.2) is 0 Å². The van der Waals surface area contributed by atoms with E-state index >= 15 is 0 Å². The van der Waals surface area contributed by atoms with E-state index in [9.17, 15) is 9.59 Å². The van der Waals surface area contributed by atoms with Gasteiger partial charge in [0.05, 0.1) is 13.1 Å². The van der Waals surface area contributed by atoms with E-state index in [0.717, 1.165) is 11.3 Å². The number of hydrogen-bond donors (Lipinski definition) is 0. The molecule has 110 valence electrons. The van der Waals surface area contributed by atoms with Crippen LogP contribution in [0.25, 0.3) is 0 Å². The van der Waals surface area contributed by atoms with Gasteiger partial charge in [-0.3, -0.25) is 9.59 Å². The molecule has 0 atom stereocenters. The minimum Gasteiger partial charge on any atom is -0.464 e. The van der Waals surface area contributed by atoms with Crippen LogP contribution in [0, 0.1) is 6.92 Å². The molecule has 5 nitrogen and oxygen atoms in total. The van der Waals surface area contributed by atoms with E-state index in [1.807, 2.05) is 36.1 Å². The van der Waals surface area contributed by atoms with Crippen LogP contribution in [0.3, 0.4) is 0 Å². The van der Waals surface area contributed by atoms with Crippen LogP contribution in [0.15, 0.2) is 24.3 Å². The van der Waals surface area contributed by atoms with Crippen LogP contribution in [0.5, 0.6) is 0 Å². The number of para-hydroxylation sites is 1. The summed E-state index contributed by atoms with van der Waals surface area (Å²) in [6, 6.07) is 7.93. The number of anilines is 1. The van der Waals surface area contributed by atoms with Crippen molar-refractivity contribution in [3.8, 4) is 0 Å². The van der Waals surface area contributed by atoms with Crippen molar-refractivity contribution in [2.45, 2.75) is 20.8 Å². The van der Waals surface area contributed by atoms with E-state index in [4.69, 9.17) is 9.47 Å². The van der Waals surface area contributed by atoms with Crippen LogP contribution in [0.1, 0.15) is 19.4 Å². The molecular formula is C15H21NO4. The quantitative estimate of drug-likeness (QED) is 0.714. The minimum atomic E-state index is -0.297. The molecule has 0 aromatic heterocycles. The smallest absolute Gasteiger partial charge is 0.302 e. The van der Waals surface area contributed by atoms with Crippen molar-refractivity contribution in [1.29, 1.82) is 0 Å². The molecular weight excluding hydrogens is 258 g/mol. The zero-order chi connectivity index (χ0) is 15.0. The van der Waals surface area contributed by atoms with Gasteiger partial charge < -0.3 is 14.4 Å². The number of nitrogens with zero attached hydrogens (tertiary/aromatic N) is 1. The first kappa shape index (κ1) is 16.0. The molecule has 0 amide bonds. The van der Waals surface area contributed by atoms with Gasteiger partial charge in [-0.2, -0.15) is 0 Å². The Morgan fingerprint density at radius 3 is 1.95 bits per heavy atom. The fourth-order valence-corrected chi connectivity index (χ4v) is 1.87. The highest BCUT2D eigenvalue weighted by Crippen LogP contribution is 2.18. The van der Waals surface area contributed by atoms with Crippen molar-refractivity contribution >= 4 is 17.6 Å². The highest BCUT2D eigenvalue weighted by molar-refractivity contribution is 5.66. The van der Waals surface area contributed by atoms with Crippen LogP contribution in [-0.2, 0) is 19.1 Å². The van der Waals surface area contributed by atoms with Gasteiger partial charge in [0, 0.05) is 19.5 Å². The van der Waals surface area contributed by atoms with Crippen molar-refractivity contribution in [2.24, 2.45) is 0 Å². The van der Waals surface area contributed by atoms with E-state index < -0.39 is 0 Å². The first-order chi connectivity index (χ1) is 9.50. The molecule has 0 fully saturated rings. The number of carbonyl (C=O) groups excluding carboxylic acids is 2. The molecule has 0 saturated heterocycles. The Hall–Kier alpha value is -2.04. The van der Waals surface area contributed by atoms with E-state index in [0.29, 0.717) is 26.3 Å². The molecule has 0 aliphatic heterocycles. The lowest BCUT2D eigenvalue weighted by atomic mass is 10.2. The van der Waals surface area contributed by atoms with Gasteiger partial charge in [0.25, 0.3) is 0 Å². The summed E-state index contributed by atoms with van der Waals surface area (Å²) in [5.41, 5.74) is 2.17. The van der Waals surface area contributed by atoms with Gasteiger partial charge in [0.2, 0.25) is 0 Å². The van der Waals surface area contributed by atoms with E-state index in [-0.39, 0.29) is 11.9 Å². The summed E-state index contributed by atoms with van der Waals surface area (Å²) in [5, 5.41) is 0. The number of hydrogen-bond acceptors (Lipinski definition) is 5. The van der Waals surface area contributed by atoms with Crippen LogP contribution in [-0.4, -0.2) is 38.2 Å². The number of carbonyl (C=O) groups is 2. The lowest BCUT2D eigenvalue weighted by Gasteiger charge is -2.26. The van der Waals surface area contributed by atoms with E-state index in [1.165, 1.54) is 13.8 Å². The Kier molecular flexibility index (Phi) is 6.56. The van der Waals surface area contributed by atoms with Gasteiger partial charge >= 0.3 is 11.9 Å². The molecule has 0 aliphatic carbocycles. The minimum absolute atomic E-state index is 0.297. The first-order valence-corrected chi connectivity index (χ1v) is 6.58. The highest BCUT2D eigenvalue weighted by atomic mass is 16.5. The summed E-state index contributed by atoms with van der Waals surface area (Å²) in [6.07, 6.45) is 0. The maximum Gasteiger partial charge on any atom is 0.302 e. The number of aryl methyl sites for hydroxylation is 1. The molecule has 0 spiro atoms. The second-order valence-electron chi connectivity index (χ2n) is 4.45. The Labute approximate surface area is 119 Å². The van der Waals surface area contributed by atoms with Crippen LogP contribution >= 0.6 is 0 Å². The molecule has 0 unspecified atom stereocenters.